The minimum atomic E-state index is -5.38. The molecular formula is C29H32ClF5N4O5. The van der Waals surface area contributed by atoms with Gasteiger partial charge in [-0.2, -0.15) is 13.2 Å². The molecule has 1 aliphatic rings. The molecule has 240 valence electrons. The van der Waals surface area contributed by atoms with Gasteiger partial charge in [0.05, 0.1) is 6.04 Å². The van der Waals surface area contributed by atoms with Gasteiger partial charge in [0.2, 0.25) is 11.8 Å². The molecule has 1 aliphatic heterocycles. The molecule has 0 saturated carbocycles. The van der Waals surface area contributed by atoms with Gasteiger partial charge in [-0.15, -0.1) is 0 Å². The summed E-state index contributed by atoms with van der Waals surface area (Å²) < 4.78 is 70.3. The quantitative estimate of drug-likeness (QED) is 0.255. The van der Waals surface area contributed by atoms with Crippen LogP contribution in [0.4, 0.5) is 22.0 Å². The molecule has 3 N–H and O–H groups in total. The number of esters is 1. The van der Waals surface area contributed by atoms with Crippen LogP contribution in [-0.2, 0) is 36.8 Å². The molecule has 2 aromatic carbocycles. The first-order chi connectivity index (χ1) is 20.8. The van der Waals surface area contributed by atoms with Crippen LogP contribution < -0.4 is 11.1 Å². The van der Waals surface area contributed by atoms with Crippen LogP contribution in [0.2, 0.25) is 5.02 Å². The van der Waals surface area contributed by atoms with Crippen molar-refractivity contribution < 1.29 is 45.9 Å². The van der Waals surface area contributed by atoms with Crippen molar-refractivity contribution in [3.8, 4) is 0 Å². The molecule has 0 spiro atoms. The molecule has 3 unspecified atom stereocenters. The average Bonchev–Trinajstić information content (AvgIpc) is 2.98. The SMILES string of the molecule is NC(=O)CCC1CN(C(Cc2ccc(Cl)cc2)C(=O)NCCF)CCN1C(=O)C(Cc1ccc(F)cc1)OC(=O)C(F)(F)F. The van der Waals surface area contributed by atoms with Crippen molar-refractivity contribution in [3.63, 3.8) is 0 Å². The maximum Gasteiger partial charge on any atom is 0.490 e. The van der Waals surface area contributed by atoms with E-state index in [4.69, 9.17) is 17.3 Å². The lowest BCUT2D eigenvalue weighted by Crippen LogP contribution is -2.62. The summed E-state index contributed by atoms with van der Waals surface area (Å²) in [6.45, 7) is -1.07. The number of primary amides is 1. The molecule has 9 nitrogen and oxygen atoms in total. The lowest BCUT2D eigenvalue weighted by atomic mass is 9.98. The van der Waals surface area contributed by atoms with Gasteiger partial charge >= 0.3 is 12.1 Å². The van der Waals surface area contributed by atoms with E-state index in [0.29, 0.717) is 5.02 Å². The predicted molar refractivity (Wildman–Crippen MR) is 149 cm³/mol. The number of ether oxygens (including phenoxy) is 1. The van der Waals surface area contributed by atoms with Crippen molar-refractivity contribution in [1.29, 1.82) is 0 Å². The van der Waals surface area contributed by atoms with Gasteiger partial charge in [0.15, 0.2) is 6.10 Å². The smallest absolute Gasteiger partial charge is 0.445 e. The molecule has 3 atom stereocenters. The molecule has 2 aromatic rings. The van der Waals surface area contributed by atoms with Crippen LogP contribution in [-0.4, -0.2) is 90.7 Å². The lowest BCUT2D eigenvalue weighted by molar-refractivity contribution is -0.206. The van der Waals surface area contributed by atoms with Crippen molar-refractivity contribution in [2.24, 2.45) is 5.73 Å². The Balaban J connectivity index is 1.89. The molecule has 1 saturated heterocycles. The van der Waals surface area contributed by atoms with Crippen LogP contribution in [0.3, 0.4) is 0 Å². The Bertz CT molecular complexity index is 1300. The van der Waals surface area contributed by atoms with Gasteiger partial charge in [0, 0.05) is 50.1 Å². The highest BCUT2D eigenvalue weighted by Crippen LogP contribution is 2.24. The first kappa shape index (κ1) is 34.7. The van der Waals surface area contributed by atoms with Gasteiger partial charge in [-0.05, 0) is 48.2 Å². The standard InChI is InChI=1S/C29H32ClF5N4O5/c30-20-5-1-18(2-6-20)15-23(26(41)37-12-11-31)38-13-14-39(22(17-38)9-10-25(36)40)27(42)24(44-28(43)29(33,34)35)16-19-3-7-21(32)8-4-19/h1-8,22-24H,9-17H2,(H2,36,40)(H,37,41). The number of halogens is 6. The number of hydrogen-bond donors (Lipinski definition) is 2. The highest BCUT2D eigenvalue weighted by atomic mass is 35.5. The zero-order chi connectivity index (χ0) is 32.4. The molecule has 15 heteroatoms. The third kappa shape index (κ3) is 10.2. The topological polar surface area (TPSA) is 122 Å². The number of carbonyl (C=O) groups is 4. The van der Waals surface area contributed by atoms with E-state index in [2.05, 4.69) is 10.1 Å². The molecule has 44 heavy (non-hydrogen) atoms. The summed E-state index contributed by atoms with van der Waals surface area (Å²) in [7, 11) is 0. The molecule has 0 aromatic heterocycles. The van der Waals surface area contributed by atoms with Crippen molar-refractivity contribution in [1.82, 2.24) is 15.1 Å². The number of rotatable bonds is 13. The number of hydrogen-bond acceptors (Lipinski definition) is 6. The van der Waals surface area contributed by atoms with Crippen LogP contribution in [0, 0.1) is 5.82 Å². The van der Waals surface area contributed by atoms with Gasteiger partial charge in [0.25, 0.3) is 5.91 Å². The van der Waals surface area contributed by atoms with Crippen LogP contribution in [0.1, 0.15) is 24.0 Å². The Kier molecular flexibility index (Phi) is 12.5. The van der Waals surface area contributed by atoms with Crippen molar-refractivity contribution >= 4 is 35.3 Å². The van der Waals surface area contributed by atoms with Crippen molar-refractivity contribution in [3.05, 3.63) is 70.5 Å². The molecule has 1 heterocycles. The number of alkyl halides is 4. The maximum atomic E-state index is 13.7. The second-order valence-corrected chi connectivity index (χ2v) is 10.7. The zero-order valence-corrected chi connectivity index (χ0v) is 24.3. The van der Waals surface area contributed by atoms with E-state index in [1.54, 1.807) is 29.2 Å². The van der Waals surface area contributed by atoms with Crippen LogP contribution in [0.15, 0.2) is 48.5 Å². The molecule has 1 fully saturated rings. The summed E-state index contributed by atoms with van der Waals surface area (Å²) in [5.41, 5.74) is 6.31. The van der Waals surface area contributed by atoms with Gasteiger partial charge in [-0.1, -0.05) is 35.9 Å². The molecular weight excluding hydrogens is 615 g/mol. The van der Waals surface area contributed by atoms with E-state index < -0.39 is 67.0 Å². The Morgan fingerprint density at radius 1 is 1.00 bits per heavy atom. The van der Waals surface area contributed by atoms with E-state index in [1.807, 2.05) is 0 Å². The minimum absolute atomic E-state index is 0.00317. The fraction of sp³-hybridized carbons (Fsp3) is 0.448. The van der Waals surface area contributed by atoms with Crippen molar-refractivity contribution in [2.45, 2.75) is 50.0 Å². The predicted octanol–water partition coefficient (Wildman–Crippen LogP) is 2.97. The third-order valence-corrected chi connectivity index (χ3v) is 7.34. The number of benzene rings is 2. The molecule has 0 radical (unpaired) electrons. The van der Waals surface area contributed by atoms with E-state index >= 15 is 0 Å². The van der Waals surface area contributed by atoms with E-state index in [9.17, 15) is 41.1 Å². The Morgan fingerprint density at radius 2 is 1.61 bits per heavy atom. The Labute approximate surface area is 255 Å². The van der Waals surface area contributed by atoms with Crippen LogP contribution in [0.25, 0.3) is 0 Å². The summed E-state index contributed by atoms with van der Waals surface area (Å²) in [6, 6.07) is 9.64. The highest BCUT2D eigenvalue weighted by molar-refractivity contribution is 6.30. The highest BCUT2D eigenvalue weighted by Gasteiger charge is 2.45. The van der Waals surface area contributed by atoms with Gasteiger partial charge < -0.3 is 20.7 Å². The second kappa shape index (κ2) is 15.8. The van der Waals surface area contributed by atoms with E-state index in [0.717, 1.165) is 17.7 Å². The second-order valence-electron chi connectivity index (χ2n) is 10.2. The Morgan fingerprint density at radius 3 is 2.20 bits per heavy atom. The summed E-state index contributed by atoms with van der Waals surface area (Å²) in [4.78, 5) is 53.2. The number of nitrogens with one attached hydrogen (secondary N) is 1. The normalized spacial score (nSPS) is 17.0. The number of carbonyl (C=O) groups excluding carboxylic acids is 4. The fourth-order valence-electron chi connectivity index (χ4n) is 4.92. The summed E-state index contributed by atoms with van der Waals surface area (Å²) in [5, 5.41) is 3.00. The first-order valence-corrected chi connectivity index (χ1v) is 14.1. The maximum absolute atomic E-state index is 13.7. The Hall–Kier alpha value is -3.78. The molecule has 3 amide bonds. The van der Waals surface area contributed by atoms with Gasteiger partial charge in [-0.3, -0.25) is 19.3 Å². The first-order valence-electron chi connectivity index (χ1n) is 13.7. The van der Waals surface area contributed by atoms with Crippen molar-refractivity contribution in [2.75, 3.05) is 32.9 Å². The average molecular weight is 647 g/mol. The summed E-state index contributed by atoms with van der Waals surface area (Å²) in [6.07, 6.45) is -7.80. The number of nitrogens with zero attached hydrogens (tertiary/aromatic N) is 2. The van der Waals surface area contributed by atoms with Gasteiger partial charge in [-0.25, -0.2) is 13.6 Å². The van der Waals surface area contributed by atoms with Crippen LogP contribution in [0.5, 0.6) is 0 Å². The molecule has 0 bridgehead atoms. The third-order valence-electron chi connectivity index (χ3n) is 7.09. The molecule has 0 aliphatic carbocycles. The minimum Gasteiger partial charge on any atom is -0.445 e. The van der Waals surface area contributed by atoms with E-state index in [-0.39, 0.29) is 51.0 Å². The van der Waals surface area contributed by atoms with Gasteiger partial charge in [0.1, 0.15) is 12.5 Å². The monoisotopic (exact) mass is 646 g/mol. The van der Waals surface area contributed by atoms with E-state index in [1.165, 1.54) is 17.0 Å². The fourth-order valence-corrected chi connectivity index (χ4v) is 5.05. The lowest BCUT2D eigenvalue weighted by Gasteiger charge is -2.45. The zero-order valence-electron chi connectivity index (χ0n) is 23.5. The van der Waals surface area contributed by atoms with Crippen LogP contribution >= 0.6 is 11.6 Å². The number of piperazine rings is 1. The summed E-state index contributed by atoms with van der Waals surface area (Å²) >= 11 is 5.98. The number of amides is 3. The summed E-state index contributed by atoms with van der Waals surface area (Å²) in [5.74, 6) is -5.33. The number of nitrogens with two attached hydrogens (primary N) is 1. The molecule has 3 rings (SSSR count). The largest absolute Gasteiger partial charge is 0.490 e.